The molecule has 0 bridgehead atoms. The average Bonchev–Trinajstić information content (AvgIpc) is 2.74. The van der Waals surface area contributed by atoms with Crippen LogP contribution in [0.5, 0.6) is 11.5 Å². The minimum atomic E-state index is -2.94. The third kappa shape index (κ3) is 5.82. The van der Waals surface area contributed by atoms with Crippen molar-refractivity contribution in [3.8, 4) is 11.5 Å². The lowest BCUT2D eigenvalue weighted by Gasteiger charge is -2.34. The van der Waals surface area contributed by atoms with Gasteiger partial charge in [0.15, 0.2) is 11.5 Å². The van der Waals surface area contributed by atoms with Gasteiger partial charge in [0.05, 0.1) is 11.6 Å². The molecule has 2 heterocycles. The van der Waals surface area contributed by atoms with Crippen molar-refractivity contribution in [2.24, 2.45) is 0 Å². The van der Waals surface area contributed by atoms with Crippen molar-refractivity contribution in [2.75, 3.05) is 37.7 Å². The van der Waals surface area contributed by atoms with E-state index in [1.165, 1.54) is 12.1 Å². The second-order valence-electron chi connectivity index (χ2n) is 6.50. The predicted molar refractivity (Wildman–Crippen MR) is 111 cm³/mol. The highest BCUT2D eigenvalue weighted by atomic mass is 35.5. The molecule has 1 aliphatic rings. The van der Waals surface area contributed by atoms with Gasteiger partial charge in [0, 0.05) is 38.5 Å². The first-order chi connectivity index (χ1) is 14.5. The Balaban J connectivity index is 1.59. The van der Waals surface area contributed by atoms with Gasteiger partial charge in [-0.1, -0.05) is 17.7 Å². The normalized spacial score (nSPS) is 14.4. The van der Waals surface area contributed by atoms with E-state index in [-0.39, 0.29) is 17.4 Å². The van der Waals surface area contributed by atoms with Gasteiger partial charge in [-0.25, -0.2) is 4.98 Å². The van der Waals surface area contributed by atoms with Crippen molar-refractivity contribution in [1.29, 1.82) is 0 Å². The first-order valence-electron chi connectivity index (χ1n) is 9.51. The lowest BCUT2D eigenvalue weighted by atomic mass is 10.2. The van der Waals surface area contributed by atoms with Crippen LogP contribution in [0.4, 0.5) is 14.6 Å². The van der Waals surface area contributed by atoms with Gasteiger partial charge in [-0.15, -0.1) is 0 Å². The van der Waals surface area contributed by atoms with Crippen LogP contribution in [-0.2, 0) is 4.79 Å². The first-order valence-corrected chi connectivity index (χ1v) is 9.89. The summed E-state index contributed by atoms with van der Waals surface area (Å²) < 4.78 is 34.8. The number of amides is 1. The number of piperazine rings is 1. The number of carbonyl (C=O) groups is 1. The van der Waals surface area contributed by atoms with E-state index in [0.29, 0.717) is 43.4 Å². The van der Waals surface area contributed by atoms with Gasteiger partial charge < -0.3 is 19.3 Å². The number of hydrogen-bond donors (Lipinski definition) is 0. The summed E-state index contributed by atoms with van der Waals surface area (Å²) in [6, 6.07) is 8.21. The molecule has 9 heteroatoms. The first kappa shape index (κ1) is 21.8. The number of hydrogen-bond acceptors (Lipinski definition) is 5. The highest BCUT2D eigenvalue weighted by molar-refractivity contribution is 6.30. The summed E-state index contributed by atoms with van der Waals surface area (Å²) in [5.74, 6) is 0.875. The van der Waals surface area contributed by atoms with Crippen molar-refractivity contribution < 1.29 is 23.0 Å². The zero-order valence-corrected chi connectivity index (χ0v) is 17.2. The van der Waals surface area contributed by atoms with Crippen LogP contribution in [0.2, 0.25) is 5.02 Å². The second kappa shape index (κ2) is 10.2. The van der Waals surface area contributed by atoms with Gasteiger partial charge in [-0.05, 0) is 42.8 Å². The Morgan fingerprint density at radius 3 is 2.60 bits per heavy atom. The lowest BCUT2D eigenvalue weighted by Crippen LogP contribution is -2.48. The van der Waals surface area contributed by atoms with Crippen LogP contribution in [0, 0.1) is 0 Å². The molecule has 0 atom stereocenters. The molecule has 1 aromatic carbocycles. The summed E-state index contributed by atoms with van der Waals surface area (Å²) >= 11 is 5.87. The molecular weight excluding hydrogens is 416 g/mol. The largest absolute Gasteiger partial charge is 0.490 e. The molecule has 0 aliphatic carbocycles. The highest BCUT2D eigenvalue weighted by Crippen LogP contribution is 2.30. The quantitative estimate of drug-likeness (QED) is 0.610. The van der Waals surface area contributed by atoms with E-state index >= 15 is 0 Å². The van der Waals surface area contributed by atoms with E-state index in [1.807, 2.05) is 6.07 Å². The molecule has 160 valence electrons. The molecular formula is C21H22ClF2N3O3. The molecule has 1 amide bonds. The fourth-order valence-electron chi connectivity index (χ4n) is 3.07. The average molecular weight is 438 g/mol. The van der Waals surface area contributed by atoms with Crippen LogP contribution in [0.1, 0.15) is 12.5 Å². The minimum Gasteiger partial charge on any atom is -0.490 e. The number of rotatable bonds is 7. The number of anilines is 1. The molecule has 3 rings (SSSR count). The molecule has 1 saturated heterocycles. The fourth-order valence-corrected chi connectivity index (χ4v) is 3.19. The summed E-state index contributed by atoms with van der Waals surface area (Å²) in [6.45, 7) is 1.59. The number of halogens is 3. The van der Waals surface area contributed by atoms with Crippen molar-refractivity contribution >= 4 is 29.4 Å². The second-order valence-corrected chi connectivity index (χ2v) is 6.93. The fraction of sp³-hybridized carbons (Fsp3) is 0.333. The van der Waals surface area contributed by atoms with E-state index in [2.05, 4.69) is 14.6 Å². The monoisotopic (exact) mass is 437 g/mol. The maximum atomic E-state index is 12.5. The van der Waals surface area contributed by atoms with E-state index in [4.69, 9.17) is 16.3 Å². The zero-order chi connectivity index (χ0) is 21.5. The summed E-state index contributed by atoms with van der Waals surface area (Å²) in [5, 5.41) is 0.582. The van der Waals surface area contributed by atoms with Gasteiger partial charge >= 0.3 is 6.61 Å². The molecule has 0 radical (unpaired) electrons. The SMILES string of the molecule is CCOc1cc(/C=C/C(=O)N2CCN(c3ccc(Cl)cn3)CC2)ccc1OC(F)F. The Kier molecular flexibility index (Phi) is 7.46. The van der Waals surface area contributed by atoms with Gasteiger partial charge in [-0.2, -0.15) is 8.78 Å². The van der Waals surface area contributed by atoms with Gasteiger partial charge in [0.25, 0.3) is 0 Å². The molecule has 0 unspecified atom stereocenters. The van der Waals surface area contributed by atoms with E-state index in [9.17, 15) is 13.6 Å². The summed E-state index contributed by atoms with van der Waals surface area (Å²) in [6.07, 6.45) is 4.70. The molecule has 1 fully saturated rings. The van der Waals surface area contributed by atoms with E-state index in [1.54, 1.807) is 42.3 Å². The van der Waals surface area contributed by atoms with Gasteiger partial charge in [-0.3, -0.25) is 4.79 Å². The number of aromatic nitrogens is 1. The summed E-state index contributed by atoms with van der Waals surface area (Å²) in [7, 11) is 0. The number of benzene rings is 1. The third-order valence-electron chi connectivity index (χ3n) is 4.53. The number of nitrogens with zero attached hydrogens (tertiary/aromatic N) is 3. The Bertz CT molecular complexity index is 886. The Hall–Kier alpha value is -2.87. The molecule has 2 aromatic rings. The topological polar surface area (TPSA) is 54.9 Å². The lowest BCUT2D eigenvalue weighted by molar-refractivity contribution is -0.126. The van der Waals surface area contributed by atoms with Crippen LogP contribution >= 0.6 is 11.6 Å². The van der Waals surface area contributed by atoms with Crippen LogP contribution in [0.25, 0.3) is 6.08 Å². The van der Waals surface area contributed by atoms with Crippen molar-refractivity contribution in [2.45, 2.75) is 13.5 Å². The summed E-state index contributed by atoms with van der Waals surface area (Å²) in [5.41, 5.74) is 0.650. The maximum absolute atomic E-state index is 12.5. The predicted octanol–water partition coefficient (Wildman–Crippen LogP) is 4.10. The summed E-state index contributed by atoms with van der Waals surface area (Å²) in [4.78, 5) is 20.7. The standard InChI is InChI=1S/C21H22ClF2N3O3/c1-2-29-18-13-15(3-6-17(18)30-21(23)24)4-8-20(28)27-11-9-26(10-12-27)19-7-5-16(22)14-25-19/h3-8,13-14,21H,2,9-12H2,1H3/b8-4+. The number of ether oxygens (including phenoxy) is 2. The minimum absolute atomic E-state index is 0.0396. The zero-order valence-electron chi connectivity index (χ0n) is 16.4. The number of carbonyl (C=O) groups excluding carboxylic acids is 1. The molecule has 30 heavy (non-hydrogen) atoms. The van der Waals surface area contributed by atoms with Crippen molar-refractivity contribution in [1.82, 2.24) is 9.88 Å². The van der Waals surface area contributed by atoms with Crippen LogP contribution < -0.4 is 14.4 Å². The third-order valence-corrected chi connectivity index (χ3v) is 4.75. The molecule has 0 saturated carbocycles. The van der Waals surface area contributed by atoms with Crippen molar-refractivity contribution in [3.63, 3.8) is 0 Å². The molecule has 1 aromatic heterocycles. The Morgan fingerprint density at radius 1 is 1.20 bits per heavy atom. The van der Waals surface area contributed by atoms with Gasteiger partial charge in [0.1, 0.15) is 5.82 Å². The van der Waals surface area contributed by atoms with Crippen LogP contribution in [0.15, 0.2) is 42.6 Å². The molecule has 0 N–H and O–H groups in total. The molecule has 0 spiro atoms. The van der Waals surface area contributed by atoms with Crippen LogP contribution in [0.3, 0.4) is 0 Å². The Morgan fingerprint density at radius 2 is 1.97 bits per heavy atom. The smallest absolute Gasteiger partial charge is 0.387 e. The number of alkyl halides is 2. The van der Waals surface area contributed by atoms with E-state index in [0.717, 1.165) is 5.82 Å². The number of pyridine rings is 1. The highest BCUT2D eigenvalue weighted by Gasteiger charge is 2.20. The van der Waals surface area contributed by atoms with Crippen LogP contribution in [-0.4, -0.2) is 55.2 Å². The van der Waals surface area contributed by atoms with Crippen molar-refractivity contribution in [3.05, 3.63) is 53.2 Å². The Labute approximate surface area is 178 Å². The van der Waals surface area contributed by atoms with E-state index < -0.39 is 6.61 Å². The van der Waals surface area contributed by atoms with Gasteiger partial charge in [0.2, 0.25) is 5.91 Å². The molecule has 6 nitrogen and oxygen atoms in total. The maximum Gasteiger partial charge on any atom is 0.387 e. The molecule has 1 aliphatic heterocycles.